The average molecular weight is 207 g/mol. The summed E-state index contributed by atoms with van der Waals surface area (Å²) in [5, 5.41) is 3.29. The van der Waals surface area contributed by atoms with Crippen LogP contribution in [0, 0.1) is 0 Å². The summed E-state index contributed by atoms with van der Waals surface area (Å²) in [6.45, 7) is 0. The molecule has 0 bridgehead atoms. The Labute approximate surface area is 86.1 Å². The number of nitrogens with one attached hydrogen (secondary N) is 1. The van der Waals surface area contributed by atoms with E-state index >= 15 is 0 Å². The van der Waals surface area contributed by atoms with E-state index in [2.05, 4.69) is 10.5 Å². The van der Waals surface area contributed by atoms with Crippen molar-refractivity contribution in [2.45, 2.75) is 0 Å². The van der Waals surface area contributed by atoms with Gasteiger partial charge in [-0.3, -0.25) is 10.2 Å². The predicted octanol–water partition coefficient (Wildman–Crippen LogP) is 2.25. The predicted molar refractivity (Wildman–Crippen MR) is 57.4 cm³/mol. The Bertz CT molecular complexity index is 438. The van der Waals surface area contributed by atoms with Gasteiger partial charge in [0.1, 0.15) is 5.71 Å². The van der Waals surface area contributed by atoms with Gasteiger partial charge in [0.15, 0.2) is 0 Å². The molecular weight excluding hydrogens is 200 g/mol. The fourth-order valence-corrected chi connectivity index (χ4v) is 1.29. The first kappa shape index (κ1) is 8.97. The molecule has 3 nitrogen and oxygen atoms in total. The molecule has 0 spiro atoms. The molecule has 1 aliphatic rings. The van der Waals surface area contributed by atoms with E-state index in [1.165, 1.54) is 0 Å². The number of hydrogen-bond acceptors (Lipinski definition) is 3. The van der Waals surface area contributed by atoms with Crippen molar-refractivity contribution in [3.63, 3.8) is 0 Å². The summed E-state index contributed by atoms with van der Waals surface area (Å²) < 4.78 is 0. The number of allylic oxidation sites excluding steroid dienone is 1. The van der Waals surface area contributed by atoms with E-state index in [4.69, 9.17) is 11.6 Å². The topological polar surface area (TPSA) is 41.5 Å². The van der Waals surface area contributed by atoms with Gasteiger partial charge in [-0.1, -0.05) is 24.3 Å². The first-order valence-corrected chi connectivity index (χ1v) is 4.46. The Hall–Kier alpha value is -1.61. The molecule has 70 valence electrons. The van der Waals surface area contributed by atoms with Crippen LogP contribution in [0.2, 0.25) is 0 Å². The number of benzene rings is 1. The average Bonchev–Trinajstić information content (AvgIpc) is 2.39. The van der Waals surface area contributed by atoms with Gasteiger partial charge in [-0.2, -0.15) is 5.10 Å². The van der Waals surface area contributed by atoms with Gasteiger partial charge in [-0.15, -0.1) is 0 Å². The van der Waals surface area contributed by atoms with Crippen molar-refractivity contribution < 1.29 is 4.79 Å². The molecule has 2 rings (SSSR count). The lowest BCUT2D eigenvalue weighted by molar-refractivity contribution is -0.106. The lowest BCUT2D eigenvalue weighted by Crippen LogP contribution is -2.05. The van der Waals surface area contributed by atoms with Crippen molar-refractivity contribution in [1.29, 1.82) is 0 Å². The molecule has 0 radical (unpaired) electrons. The minimum absolute atomic E-state index is 0.211. The van der Waals surface area contributed by atoms with Gasteiger partial charge in [0.25, 0.3) is 5.24 Å². The zero-order valence-corrected chi connectivity index (χ0v) is 7.95. The molecule has 1 heterocycles. The summed E-state index contributed by atoms with van der Waals surface area (Å²) >= 11 is 5.31. The van der Waals surface area contributed by atoms with Crippen LogP contribution in [0.4, 0.5) is 5.69 Å². The van der Waals surface area contributed by atoms with Gasteiger partial charge in [-0.25, -0.2) is 0 Å². The van der Waals surface area contributed by atoms with Crippen molar-refractivity contribution in [3.05, 3.63) is 35.9 Å². The van der Waals surface area contributed by atoms with Gasteiger partial charge in [0.2, 0.25) is 0 Å². The molecule has 0 fully saturated rings. The molecule has 0 saturated carbocycles. The van der Waals surface area contributed by atoms with Gasteiger partial charge in [0.05, 0.1) is 5.69 Å². The van der Waals surface area contributed by atoms with Crippen LogP contribution in [0.25, 0.3) is 6.08 Å². The number of hydrazone groups is 1. The monoisotopic (exact) mass is 206 g/mol. The summed E-state index contributed by atoms with van der Waals surface area (Å²) in [5.41, 5.74) is 4.82. The maximum absolute atomic E-state index is 10.8. The standard InChI is InChI=1S/C10H7ClN2O/c11-10(14)9-6-5-7-3-1-2-4-8(7)12-13-9/h1-6,12H. The summed E-state index contributed by atoms with van der Waals surface area (Å²) in [6.07, 6.45) is 3.39. The fraction of sp³-hybridized carbons (Fsp3) is 0. The van der Waals surface area contributed by atoms with Crippen LogP contribution >= 0.6 is 11.6 Å². The number of nitrogens with zero attached hydrogens (tertiary/aromatic N) is 1. The Morgan fingerprint density at radius 1 is 1.29 bits per heavy atom. The molecule has 1 aromatic carbocycles. The molecule has 4 heteroatoms. The van der Waals surface area contributed by atoms with Crippen LogP contribution in [-0.2, 0) is 4.79 Å². The minimum atomic E-state index is -0.568. The van der Waals surface area contributed by atoms with Crippen molar-refractivity contribution in [1.82, 2.24) is 0 Å². The molecule has 0 aliphatic carbocycles. The third-order valence-electron chi connectivity index (χ3n) is 1.88. The first-order chi connectivity index (χ1) is 6.77. The highest BCUT2D eigenvalue weighted by Crippen LogP contribution is 2.18. The number of fused-ring (bicyclic) bond motifs is 1. The third kappa shape index (κ3) is 1.67. The highest BCUT2D eigenvalue weighted by molar-refractivity contribution is 6.83. The van der Waals surface area contributed by atoms with Crippen molar-refractivity contribution in [3.8, 4) is 0 Å². The largest absolute Gasteiger partial charge is 0.277 e. The summed E-state index contributed by atoms with van der Waals surface area (Å²) in [7, 11) is 0. The molecule has 14 heavy (non-hydrogen) atoms. The second-order valence-corrected chi connectivity index (χ2v) is 3.15. The SMILES string of the molecule is O=C(Cl)C1=NNc2ccccc2C=C1. The quantitative estimate of drug-likeness (QED) is 0.716. The lowest BCUT2D eigenvalue weighted by atomic mass is 10.1. The Morgan fingerprint density at radius 2 is 2.07 bits per heavy atom. The summed E-state index contributed by atoms with van der Waals surface area (Å²) in [5.74, 6) is 0. The van der Waals surface area contributed by atoms with Crippen LogP contribution in [-0.4, -0.2) is 11.0 Å². The zero-order valence-electron chi connectivity index (χ0n) is 7.20. The van der Waals surface area contributed by atoms with Crippen molar-refractivity contribution >= 4 is 34.3 Å². The van der Waals surface area contributed by atoms with Crippen LogP contribution in [0.15, 0.2) is 35.4 Å². The van der Waals surface area contributed by atoms with E-state index < -0.39 is 5.24 Å². The van der Waals surface area contributed by atoms with Gasteiger partial charge >= 0.3 is 0 Å². The summed E-state index contributed by atoms with van der Waals surface area (Å²) in [4.78, 5) is 10.8. The number of carbonyl (C=O) groups is 1. The second kappa shape index (κ2) is 3.64. The number of para-hydroxylation sites is 1. The molecule has 0 unspecified atom stereocenters. The summed E-state index contributed by atoms with van der Waals surface area (Å²) in [6, 6.07) is 7.61. The Balaban J connectivity index is 2.41. The van der Waals surface area contributed by atoms with E-state index in [1.54, 1.807) is 12.2 Å². The number of halogens is 1. The van der Waals surface area contributed by atoms with E-state index in [0.29, 0.717) is 0 Å². The van der Waals surface area contributed by atoms with Crippen molar-refractivity contribution in [2.75, 3.05) is 5.43 Å². The number of anilines is 1. The van der Waals surface area contributed by atoms with Crippen LogP contribution in [0.1, 0.15) is 5.56 Å². The number of hydrogen-bond donors (Lipinski definition) is 1. The molecule has 1 N–H and O–H groups in total. The van der Waals surface area contributed by atoms with Crippen LogP contribution < -0.4 is 5.43 Å². The maximum atomic E-state index is 10.8. The zero-order chi connectivity index (χ0) is 9.97. The molecule has 0 atom stereocenters. The second-order valence-electron chi connectivity index (χ2n) is 2.80. The van der Waals surface area contributed by atoms with Crippen LogP contribution in [0.5, 0.6) is 0 Å². The van der Waals surface area contributed by atoms with E-state index in [-0.39, 0.29) is 5.71 Å². The molecule has 0 saturated heterocycles. The minimum Gasteiger partial charge on any atom is -0.277 e. The normalized spacial score (nSPS) is 13.6. The molecule has 1 aliphatic heterocycles. The Kier molecular flexibility index (Phi) is 2.33. The Morgan fingerprint density at radius 3 is 2.86 bits per heavy atom. The van der Waals surface area contributed by atoms with E-state index in [1.807, 2.05) is 24.3 Å². The van der Waals surface area contributed by atoms with Crippen LogP contribution in [0.3, 0.4) is 0 Å². The van der Waals surface area contributed by atoms with E-state index in [9.17, 15) is 4.79 Å². The van der Waals surface area contributed by atoms with Gasteiger partial charge in [-0.05, 0) is 29.3 Å². The molecule has 1 aromatic rings. The number of rotatable bonds is 1. The number of carbonyl (C=O) groups excluding carboxylic acids is 1. The fourth-order valence-electron chi connectivity index (χ4n) is 1.18. The molecular formula is C10H7ClN2O. The highest BCUT2D eigenvalue weighted by atomic mass is 35.5. The molecule has 0 amide bonds. The van der Waals surface area contributed by atoms with Gasteiger partial charge < -0.3 is 0 Å². The lowest BCUT2D eigenvalue weighted by Gasteiger charge is -2.01. The maximum Gasteiger partial charge on any atom is 0.272 e. The van der Waals surface area contributed by atoms with E-state index in [0.717, 1.165) is 11.3 Å². The third-order valence-corrected chi connectivity index (χ3v) is 2.07. The smallest absolute Gasteiger partial charge is 0.272 e. The highest BCUT2D eigenvalue weighted by Gasteiger charge is 2.08. The van der Waals surface area contributed by atoms with Crippen molar-refractivity contribution in [2.24, 2.45) is 5.10 Å². The first-order valence-electron chi connectivity index (χ1n) is 4.08. The molecule has 0 aromatic heterocycles. The van der Waals surface area contributed by atoms with Gasteiger partial charge in [0, 0.05) is 0 Å².